The summed E-state index contributed by atoms with van der Waals surface area (Å²) in [6.07, 6.45) is 0. The second kappa shape index (κ2) is 6.10. The summed E-state index contributed by atoms with van der Waals surface area (Å²) in [7, 11) is 0. The van der Waals surface area contributed by atoms with E-state index in [1.54, 1.807) is 0 Å². The number of benzene rings is 2. The quantitative estimate of drug-likeness (QED) is 0.708. The third-order valence-corrected chi connectivity index (χ3v) is 3.31. The second-order valence-corrected chi connectivity index (χ2v) is 5.14. The van der Waals surface area contributed by atoms with E-state index in [4.69, 9.17) is 16.1 Å². The lowest BCUT2D eigenvalue weighted by atomic mass is 10.1. The van der Waals surface area contributed by atoms with Gasteiger partial charge in [-0.05, 0) is 42.5 Å². The SMILES string of the molecule is O=C(Nc1cc(Cl)ccc1O)c1cc(-c2ccc(F)cc2)on1. The number of nitrogens with one attached hydrogen (secondary N) is 1. The fourth-order valence-corrected chi connectivity index (χ4v) is 2.10. The highest BCUT2D eigenvalue weighted by Crippen LogP contribution is 2.27. The van der Waals surface area contributed by atoms with Gasteiger partial charge in [0.25, 0.3) is 5.91 Å². The molecule has 0 radical (unpaired) electrons. The monoisotopic (exact) mass is 332 g/mol. The summed E-state index contributed by atoms with van der Waals surface area (Å²) in [6.45, 7) is 0. The molecule has 0 fully saturated rings. The first kappa shape index (κ1) is 15.1. The molecule has 5 nitrogen and oxygen atoms in total. The van der Waals surface area contributed by atoms with Crippen LogP contribution in [0.5, 0.6) is 5.75 Å². The summed E-state index contributed by atoms with van der Waals surface area (Å²) >= 11 is 5.82. The normalized spacial score (nSPS) is 10.5. The summed E-state index contributed by atoms with van der Waals surface area (Å²) in [5.41, 5.74) is 0.765. The van der Waals surface area contributed by atoms with Gasteiger partial charge in [0.15, 0.2) is 11.5 Å². The van der Waals surface area contributed by atoms with Gasteiger partial charge in [-0.3, -0.25) is 4.79 Å². The number of amides is 1. The number of anilines is 1. The number of hydrogen-bond donors (Lipinski definition) is 2. The number of aromatic nitrogens is 1. The summed E-state index contributed by atoms with van der Waals surface area (Å²) in [5, 5.41) is 16.2. The van der Waals surface area contributed by atoms with E-state index in [0.717, 1.165) is 0 Å². The number of aromatic hydroxyl groups is 1. The standard InChI is InChI=1S/C16H10ClFN2O3/c17-10-3-6-14(21)12(7-10)19-16(22)13-8-15(23-20-13)9-1-4-11(18)5-2-9/h1-8,21H,(H,19,22). The molecule has 2 N–H and O–H groups in total. The van der Waals surface area contributed by atoms with E-state index < -0.39 is 5.91 Å². The van der Waals surface area contributed by atoms with Crippen LogP contribution in [-0.2, 0) is 0 Å². The van der Waals surface area contributed by atoms with Gasteiger partial charge in [0.1, 0.15) is 11.6 Å². The molecule has 3 rings (SSSR count). The topological polar surface area (TPSA) is 75.4 Å². The Morgan fingerprint density at radius 1 is 1.17 bits per heavy atom. The first-order valence-corrected chi connectivity index (χ1v) is 6.93. The minimum Gasteiger partial charge on any atom is -0.506 e. The molecule has 0 bridgehead atoms. The summed E-state index contributed by atoms with van der Waals surface area (Å²) in [6, 6.07) is 11.3. The van der Waals surface area contributed by atoms with Crippen LogP contribution in [0.4, 0.5) is 10.1 Å². The van der Waals surface area contributed by atoms with E-state index >= 15 is 0 Å². The van der Waals surface area contributed by atoms with Gasteiger partial charge >= 0.3 is 0 Å². The van der Waals surface area contributed by atoms with Gasteiger partial charge in [0, 0.05) is 16.7 Å². The molecule has 0 atom stereocenters. The van der Waals surface area contributed by atoms with E-state index in [-0.39, 0.29) is 22.9 Å². The van der Waals surface area contributed by atoms with Crippen molar-refractivity contribution in [2.45, 2.75) is 0 Å². The van der Waals surface area contributed by atoms with Crippen molar-refractivity contribution in [1.82, 2.24) is 5.16 Å². The average Bonchev–Trinajstić information content (AvgIpc) is 3.02. The van der Waals surface area contributed by atoms with Gasteiger partial charge < -0.3 is 14.9 Å². The highest BCUT2D eigenvalue weighted by atomic mass is 35.5. The van der Waals surface area contributed by atoms with Gasteiger partial charge in [-0.15, -0.1) is 0 Å². The molecule has 0 saturated carbocycles. The maximum Gasteiger partial charge on any atom is 0.277 e. The minimum absolute atomic E-state index is 0.0173. The molecule has 1 amide bonds. The maximum absolute atomic E-state index is 12.9. The summed E-state index contributed by atoms with van der Waals surface area (Å²) in [5.74, 6) is -0.738. The highest BCUT2D eigenvalue weighted by Gasteiger charge is 2.15. The van der Waals surface area contributed by atoms with Crippen molar-refractivity contribution in [1.29, 1.82) is 0 Å². The van der Waals surface area contributed by atoms with Crippen LogP contribution in [0.1, 0.15) is 10.5 Å². The van der Waals surface area contributed by atoms with Crippen molar-refractivity contribution in [3.63, 3.8) is 0 Å². The lowest BCUT2D eigenvalue weighted by molar-refractivity contribution is 0.101. The molecule has 3 aromatic rings. The summed E-state index contributed by atoms with van der Waals surface area (Å²) in [4.78, 5) is 12.1. The molecule has 116 valence electrons. The molecule has 1 aromatic heterocycles. The molecule has 0 aliphatic rings. The zero-order chi connectivity index (χ0) is 16.4. The van der Waals surface area contributed by atoms with E-state index in [1.165, 1.54) is 48.5 Å². The van der Waals surface area contributed by atoms with Crippen LogP contribution < -0.4 is 5.32 Å². The molecule has 0 spiro atoms. The molecule has 0 saturated heterocycles. The molecule has 23 heavy (non-hydrogen) atoms. The average molecular weight is 333 g/mol. The predicted molar refractivity (Wildman–Crippen MR) is 83.0 cm³/mol. The van der Waals surface area contributed by atoms with Gasteiger partial charge in [-0.2, -0.15) is 0 Å². The minimum atomic E-state index is -0.570. The Kier molecular flexibility index (Phi) is 3.99. The number of carbonyl (C=O) groups excluding carboxylic acids is 1. The number of hydrogen-bond acceptors (Lipinski definition) is 4. The molecule has 1 heterocycles. The number of rotatable bonds is 3. The maximum atomic E-state index is 12.9. The van der Waals surface area contributed by atoms with Crippen LogP contribution in [0.3, 0.4) is 0 Å². The van der Waals surface area contributed by atoms with Crippen molar-refractivity contribution in [3.05, 3.63) is 65.1 Å². The van der Waals surface area contributed by atoms with Crippen LogP contribution in [0, 0.1) is 5.82 Å². The Morgan fingerprint density at radius 2 is 1.91 bits per heavy atom. The highest BCUT2D eigenvalue weighted by molar-refractivity contribution is 6.31. The molecular weight excluding hydrogens is 323 g/mol. The Labute approximate surface area is 135 Å². The van der Waals surface area contributed by atoms with E-state index in [1.807, 2.05) is 0 Å². The Bertz CT molecular complexity index is 862. The van der Waals surface area contributed by atoms with Crippen LogP contribution in [0.2, 0.25) is 5.02 Å². The molecule has 7 heteroatoms. The van der Waals surface area contributed by atoms with E-state index in [0.29, 0.717) is 16.3 Å². The van der Waals surface area contributed by atoms with Crippen molar-refractivity contribution >= 4 is 23.2 Å². The lowest BCUT2D eigenvalue weighted by Crippen LogP contribution is -2.12. The van der Waals surface area contributed by atoms with Crippen molar-refractivity contribution < 1.29 is 18.8 Å². The summed E-state index contributed by atoms with van der Waals surface area (Å²) < 4.78 is 18.0. The van der Waals surface area contributed by atoms with Crippen LogP contribution in [-0.4, -0.2) is 16.2 Å². The Morgan fingerprint density at radius 3 is 2.65 bits per heavy atom. The first-order chi connectivity index (χ1) is 11.0. The van der Waals surface area contributed by atoms with Crippen LogP contribution in [0.15, 0.2) is 53.1 Å². The largest absolute Gasteiger partial charge is 0.506 e. The Balaban J connectivity index is 1.81. The zero-order valence-corrected chi connectivity index (χ0v) is 12.3. The molecule has 0 aliphatic heterocycles. The third kappa shape index (κ3) is 3.32. The van der Waals surface area contributed by atoms with E-state index in [9.17, 15) is 14.3 Å². The number of phenols is 1. The van der Waals surface area contributed by atoms with Crippen molar-refractivity contribution in [2.75, 3.05) is 5.32 Å². The van der Waals surface area contributed by atoms with E-state index in [2.05, 4.69) is 10.5 Å². The Hall–Kier alpha value is -2.86. The van der Waals surface area contributed by atoms with Crippen molar-refractivity contribution in [3.8, 4) is 17.1 Å². The van der Waals surface area contributed by atoms with Crippen molar-refractivity contribution in [2.24, 2.45) is 0 Å². The van der Waals surface area contributed by atoms with Crippen LogP contribution in [0.25, 0.3) is 11.3 Å². The van der Waals surface area contributed by atoms with Gasteiger partial charge in [-0.1, -0.05) is 16.8 Å². The van der Waals surface area contributed by atoms with Crippen LogP contribution >= 0.6 is 11.6 Å². The molecule has 0 aliphatic carbocycles. The molecule has 0 unspecified atom stereocenters. The molecule has 2 aromatic carbocycles. The first-order valence-electron chi connectivity index (χ1n) is 6.55. The lowest BCUT2D eigenvalue weighted by Gasteiger charge is -2.05. The number of phenolic OH excluding ortho intramolecular Hbond substituents is 1. The number of nitrogens with zero attached hydrogens (tertiary/aromatic N) is 1. The second-order valence-electron chi connectivity index (χ2n) is 4.70. The van der Waals surface area contributed by atoms with Gasteiger partial charge in [0.2, 0.25) is 0 Å². The fourth-order valence-electron chi connectivity index (χ4n) is 1.93. The third-order valence-electron chi connectivity index (χ3n) is 3.08. The van der Waals surface area contributed by atoms with Gasteiger partial charge in [-0.25, -0.2) is 4.39 Å². The smallest absolute Gasteiger partial charge is 0.277 e. The fraction of sp³-hybridized carbons (Fsp3) is 0. The van der Waals surface area contributed by atoms with Gasteiger partial charge in [0.05, 0.1) is 5.69 Å². The predicted octanol–water partition coefficient (Wildman–Crippen LogP) is 4.09. The zero-order valence-electron chi connectivity index (χ0n) is 11.6. The molecular formula is C16H10ClFN2O3. The number of halogens is 2. The number of carbonyl (C=O) groups is 1.